The van der Waals surface area contributed by atoms with Gasteiger partial charge in [0, 0.05) is 12.1 Å². The lowest BCUT2D eigenvalue weighted by molar-refractivity contribution is -0.885. The first-order chi connectivity index (χ1) is 4.22. The van der Waals surface area contributed by atoms with Crippen LogP contribution in [0.3, 0.4) is 0 Å². The van der Waals surface area contributed by atoms with Crippen LogP contribution in [0.5, 0.6) is 0 Å². The summed E-state index contributed by atoms with van der Waals surface area (Å²) < 4.78 is 35.8. The highest BCUT2D eigenvalue weighted by Gasteiger charge is 2.15. The third-order valence-corrected chi connectivity index (χ3v) is 0.843. The van der Waals surface area contributed by atoms with Crippen LogP contribution < -0.4 is 4.79 Å². The minimum atomic E-state index is -1.24. The summed E-state index contributed by atoms with van der Waals surface area (Å²) >= 11 is 0. The van der Waals surface area contributed by atoms with E-state index in [1.165, 1.54) is 0 Å². The van der Waals surface area contributed by atoms with Gasteiger partial charge in [-0.2, -0.15) is 0 Å². The summed E-state index contributed by atoms with van der Waals surface area (Å²) in [6.45, 7) is 0. The Morgan fingerprint density at radius 2 is 1.56 bits per heavy atom. The second kappa shape index (κ2) is 2.05. The van der Waals surface area contributed by atoms with Gasteiger partial charge in [0.05, 0.1) is 4.79 Å². The first-order valence-corrected chi connectivity index (χ1v) is 2.24. The van der Waals surface area contributed by atoms with E-state index in [0.29, 0.717) is 0 Å². The molecule has 0 saturated carbocycles. The topological polar surface area (TPSA) is 3.88 Å². The second-order valence-corrected chi connectivity index (χ2v) is 1.45. The lowest BCUT2D eigenvalue weighted by Crippen LogP contribution is -2.31. The van der Waals surface area contributed by atoms with Gasteiger partial charge >= 0.3 is 11.9 Å². The number of nitrogens with zero attached hydrogens (tertiary/aromatic N) is 1. The molecular weight excluding hydrogens is 131 g/mol. The SMILES string of the molecule is Fc1cccc(F)[n+]1F. The minimum absolute atomic E-state index is 0.667. The van der Waals surface area contributed by atoms with E-state index in [1.807, 2.05) is 0 Å². The van der Waals surface area contributed by atoms with Crippen LogP contribution in [0, 0.1) is 11.9 Å². The number of rotatable bonds is 0. The summed E-state index contributed by atoms with van der Waals surface area (Å²) in [6.07, 6.45) is 0. The minimum Gasteiger partial charge on any atom is -0.132 e. The standard InChI is InChI=1S/C5H3F3N/c6-4-2-1-3-5(7)9(4)8/h1-3H/q+1. The zero-order chi connectivity index (χ0) is 6.85. The molecule has 0 atom stereocenters. The van der Waals surface area contributed by atoms with E-state index in [0.717, 1.165) is 18.2 Å². The molecule has 0 bridgehead atoms. The third-order valence-electron chi connectivity index (χ3n) is 0.843. The number of halogens is 3. The summed E-state index contributed by atoms with van der Waals surface area (Å²) in [5, 5.41) is 0. The van der Waals surface area contributed by atoms with Crippen molar-refractivity contribution < 1.29 is 18.1 Å². The molecule has 1 nitrogen and oxygen atoms in total. The Morgan fingerprint density at radius 3 is 1.89 bits per heavy atom. The maximum atomic E-state index is 11.9. The van der Waals surface area contributed by atoms with E-state index >= 15 is 0 Å². The lowest BCUT2D eigenvalue weighted by atomic mass is 10.5. The van der Waals surface area contributed by atoms with Crippen molar-refractivity contribution in [1.82, 2.24) is 0 Å². The van der Waals surface area contributed by atoms with Gasteiger partial charge in [-0.25, -0.2) is 0 Å². The molecule has 0 N–H and O–H groups in total. The predicted molar refractivity (Wildman–Crippen MR) is 23.1 cm³/mol. The smallest absolute Gasteiger partial charge is 0.132 e. The number of aromatic nitrogens is 1. The highest BCUT2D eigenvalue weighted by molar-refractivity contribution is 4.87. The van der Waals surface area contributed by atoms with Crippen molar-refractivity contribution in [3.05, 3.63) is 30.1 Å². The number of pyridine rings is 1. The molecule has 1 aromatic heterocycles. The van der Waals surface area contributed by atoms with Crippen molar-refractivity contribution in [1.29, 1.82) is 0 Å². The van der Waals surface area contributed by atoms with Gasteiger partial charge in [0.1, 0.15) is 4.48 Å². The molecule has 48 valence electrons. The molecule has 1 heterocycles. The van der Waals surface area contributed by atoms with Gasteiger partial charge in [0.15, 0.2) is 0 Å². The first-order valence-electron chi connectivity index (χ1n) is 2.24. The van der Waals surface area contributed by atoms with Crippen molar-refractivity contribution in [3.8, 4) is 0 Å². The number of hydrogen-bond acceptors (Lipinski definition) is 0. The lowest BCUT2D eigenvalue weighted by Gasteiger charge is -1.79. The van der Waals surface area contributed by atoms with Gasteiger partial charge in [-0.1, -0.05) is 0 Å². The molecule has 4 heteroatoms. The summed E-state index contributed by atoms with van der Waals surface area (Å²) in [6, 6.07) is 2.73. The van der Waals surface area contributed by atoms with Gasteiger partial charge in [-0.05, 0) is 6.07 Å². The summed E-state index contributed by atoms with van der Waals surface area (Å²) in [4.78, 5) is -0.667. The molecule has 0 aliphatic rings. The number of hydrogen-bond donors (Lipinski definition) is 0. The Morgan fingerprint density at radius 1 is 1.11 bits per heavy atom. The van der Waals surface area contributed by atoms with E-state index in [2.05, 4.69) is 0 Å². The molecule has 0 saturated heterocycles. The molecule has 0 unspecified atom stereocenters. The van der Waals surface area contributed by atoms with Gasteiger partial charge < -0.3 is 0 Å². The van der Waals surface area contributed by atoms with Crippen LogP contribution >= 0.6 is 0 Å². The molecule has 0 fully saturated rings. The van der Waals surface area contributed by atoms with E-state index < -0.39 is 16.7 Å². The molecule has 1 aromatic rings. The van der Waals surface area contributed by atoms with Gasteiger partial charge in [-0.15, -0.1) is 8.78 Å². The molecule has 0 aliphatic carbocycles. The van der Waals surface area contributed by atoms with Crippen molar-refractivity contribution >= 4 is 0 Å². The van der Waals surface area contributed by atoms with Gasteiger partial charge in [0.2, 0.25) is 0 Å². The fourth-order valence-corrected chi connectivity index (χ4v) is 0.440. The second-order valence-electron chi connectivity index (χ2n) is 1.45. The molecule has 0 radical (unpaired) electrons. The van der Waals surface area contributed by atoms with Gasteiger partial charge in [-0.3, -0.25) is 0 Å². The summed E-state index contributed by atoms with van der Waals surface area (Å²) in [5.74, 6) is -2.48. The summed E-state index contributed by atoms with van der Waals surface area (Å²) in [7, 11) is 0. The molecular formula is C5H3F3N+. The average molecular weight is 134 g/mol. The van der Waals surface area contributed by atoms with E-state index in [4.69, 9.17) is 0 Å². The van der Waals surface area contributed by atoms with Crippen molar-refractivity contribution in [2.75, 3.05) is 0 Å². The van der Waals surface area contributed by atoms with Crippen LogP contribution in [-0.2, 0) is 0 Å². The van der Waals surface area contributed by atoms with Crippen molar-refractivity contribution in [2.24, 2.45) is 0 Å². The third kappa shape index (κ3) is 1.01. The van der Waals surface area contributed by atoms with Crippen LogP contribution in [0.15, 0.2) is 18.2 Å². The van der Waals surface area contributed by atoms with E-state index in [1.54, 1.807) is 0 Å². The zero-order valence-corrected chi connectivity index (χ0v) is 4.31. The van der Waals surface area contributed by atoms with Crippen LogP contribution in [-0.4, -0.2) is 0 Å². The van der Waals surface area contributed by atoms with Crippen molar-refractivity contribution in [3.63, 3.8) is 0 Å². The molecule has 0 aliphatic heterocycles. The Kier molecular flexibility index (Phi) is 1.38. The highest BCUT2D eigenvalue weighted by atomic mass is 19.2. The Labute approximate surface area is 49.3 Å². The maximum Gasteiger partial charge on any atom is 0.408 e. The zero-order valence-electron chi connectivity index (χ0n) is 4.31. The van der Waals surface area contributed by atoms with Crippen LogP contribution in [0.4, 0.5) is 13.3 Å². The predicted octanol–water partition coefficient (Wildman–Crippen LogP) is 0.985. The molecule has 0 spiro atoms. The van der Waals surface area contributed by atoms with Crippen LogP contribution in [0.2, 0.25) is 0 Å². The fourth-order valence-electron chi connectivity index (χ4n) is 0.440. The fraction of sp³-hybridized carbons (Fsp3) is 0. The molecule has 9 heavy (non-hydrogen) atoms. The Balaban J connectivity index is 3.25. The van der Waals surface area contributed by atoms with E-state index in [-0.39, 0.29) is 0 Å². The first kappa shape index (κ1) is 6.07. The Bertz CT molecular complexity index is 203. The summed E-state index contributed by atoms with van der Waals surface area (Å²) in [5.41, 5.74) is 0. The normalized spacial score (nSPS) is 9.67. The quantitative estimate of drug-likeness (QED) is 0.466. The van der Waals surface area contributed by atoms with E-state index in [9.17, 15) is 13.3 Å². The van der Waals surface area contributed by atoms with Crippen LogP contribution in [0.1, 0.15) is 0 Å². The van der Waals surface area contributed by atoms with Gasteiger partial charge in [0.25, 0.3) is 0 Å². The van der Waals surface area contributed by atoms with Crippen LogP contribution in [0.25, 0.3) is 0 Å². The largest absolute Gasteiger partial charge is 0.408 e. The maximum absolute atomic E-state index is 11.9. The Hall–Kier alpha value is -1.06. The van der Waals surface area contributed by atoms with Crippen molar-refractivity contribution in [2.45, 2.75) is 0 Å². The highest BCUT2D eigenvalue weighted by Crippen LogP contribution is 1.92. The molecule has 1 rings (SSSR count). The molecule has 0 amide bonds. The average Bonchev–Trinajstić information content (AvgIpc) is 1.83. The monoisotopic (exact) mass is 134 g/mol. The molecule has 0 aromatic carbocycles.